The second-order valence-electron chi connectivity index (χ2n) is 3.60. The smallest absolute Gasteiger partial charge is 0.258 e. The molecule has 13 heavy (non-hydrogen) atoms. The monoisotopic (exact) mass is 189 g/mol. The summed E-state index contributed by atoms with van der Waals surface area (Å²) in [5, 5.41) is 0. The fourth-order valence-corrected chi connectivity index (χ4v) is 2.14. The summed E-state index contributed by atoms with van der Waals surface area (Å²) in [6.07, 6.45) is 0.451. The van der Waals surface area contributed by atoms with Crippen molar-refractivity contribution in [2.45, 2.75) is 18.9 Å². The van der Waals surface area contributed by atoms with E-state index in [1.807, 2.05) is 0 Å². The molecule has 1 aliphatic heterocycles. The molecular formula is C8H9F2NO2. The average Bonchev–Trinajstić information content (AvgIpc) is 2.48. The highest BCUT2D eigenvalue weighted by Gasteiger charge is 2.76. The van der Waals surface area contributed by atoms with Gasteiger partial charge in [0.15, 0.2) is 0 Å². The number of hydrogen-bond donors (Lipinski definition) is 0. The summed E-state index contributed by atoms with van der Waals surface area (Å²) >= 11 is 0. The maximum atomic E-state index is 12.8. The second-order valence-corrected chi connectivity index (χ2v) is 3.60. The van der Waals surface area contributed by atoms with Crippen molar-refractivity contribution >= 4 is 12.2 Å². The topological polar surface area (TPSA) is 37.4 Å². The molecule has 3 atom stereocenters. The molecule has 0 N–H and O–H groups in total. The number of aldehydes is 1. The third kappa shape index (κ3) is 0.927. The number of alkyl halides is 2. The van der Waals surface area contributed by atoms with Crippen LogP contribution in [0.2, 0.25) is 0 Å². The standard InChI is InChI=1S/C8H9F2NO2/c1-4(13)11-2-5-7(6(11)3-12)8(5,9)10/h3,5-7H,2H2,1H3/t5-,6+,7-/m0/s1. The summed E-state index contributed by atoms with van der Waals surface area (Å²) in [6.45, 7) is 1.32. The lowest BCUT2D eigenvalue weighted by Crippen LogP contribution is -2.41. The first-order valence-electron chi connectivity index (χ1n) is 4.10. The minimum absolute atomic E-state index is 0.0242. The first-order valence-corrected chi connectivity index (χ1v) is 4.10. The Kier molecular flexibility index (Phi) is 1.50. The number of piperidine rings is 1. The van der Waals surface area contributed by atoms with Gasteiger partial charge in [-0.2, -0.15) is 0 Å². The zero-order chi connectivity index (χ0) is 9.80. The molecule has 0 aromatic carbocycles. The minimum atomic E-state index is -2.72. The summed E-state index contributed by atoms with van der Waals surface area (Å²) in [5.41, 5.74) is 0. The van der Waals surface area contributed by atoms with Crippen molar-refractivity contribution < 1.29 is 18.4 Å². The molecule has 0 radical (unpaired) electrons. The molecule has 2 rings (SSSR count). The van der Waals surface area contributed by atoms with Crippen LogP contribution in [-0.4, -0.2) is 35.6 Å². The number of likely N-dealkylation sites (tertiary alicyclic amines) is 1. The summed E-state index contributed by atoms with van der Waals surface area (Å²) in [6, 6.07) is -0.905. The Morgan fingerprint density at radius 2 is 2.23 bits per heavy atom. The Labute approximate surface area is 73.7 Å². The van der Waals surface area contributed by atoms with Crippen LogP contribution in [0.4, 0.5) is 8.78 Å². The van der Waals surface area contributed by atoms with E-state index in [1.54, 1.807) is 0 Å². The van der Waals surface area contributed by atoms with Gasteiger partial charge < -0.3 is 9.69 Å². The molecule has 0 aromatic rings. The van der Waals surface area contributed by atoms with E-state index >= 15 is 0 Å². The third-order valence-electron chi connectivity index (χ3n) is 2.93. The van der Waals surface area contributed by atoms with Crippen molar-refractivity contribution in [1.82, 2.24) is 4.90 Å². The lowest BCUT2D eigenvalue weighted by atomic mass is 10.2. The van der Waals surface area contributed by atoms with Gasteiger partial charge in [-0.25, -0.2) is 8.78 Å². The van der Waals surface area contributed by atoms with Crippen molar-refractivity contribution in [2.24, 2.45) is 11.8 Å². The van der Waals surface area contributed by atoms with E-state index < -0.39 is 23.8 Å². The van der Waals surface area contributed by atoms with Crippen molar-refractivity contribution in [2.75, 3.05) is 6.54 Å². The minimum Gasteiger partial charge on any atom is -0.332 e. The molecule has 0 unspecified atom stereocenters. The van der Waals surface area contributed by atoms with Gasteiger partial charge in [0.2, 0.25) is 5.91 Å². The summed E-state index contributed by atoms with van der Waals surface area (Å²) in [4.78, 5) is 22.7. The fraction of sp³-hybridized carbons (Fsp3) is 0.750. The molecule has 2 fully saturated rings. The molecule has 1 aliphatic carbocycles. The van der Waals surface area contributed by atoms with Crippen LogP contribution in [0.15, 0.2) is 0 Å². The zero-order valence-corrected chi connectivity index (χ0v) is 7.04. The predicted molar refractivity (Wildman–Crippen MR) is 39.2 cm³/mol. The molecule has 1 saturated heterocycles. The van der Waals surface area contributed by atoms with E-state index in [2.05, 4.69) is 0 Å². The van der Waals surface area contributed by atoms with E-state index in [0.717, 1.165) is 0 Å². The molecular weight excluding hydrogens is 180 g/mol. The van der Waals surface area contributed by atoms with Gasteiger partial charge in [0.1, 0.15) is 6.29 Å². The number of halogens is 2. The fourth-order valence-electron chi connectivity index (χ4n) is 2.14. The number of nitrogens with zero attached hydrogens (tertiary/aromatic N) is 1. The van der Waals surface area contributed by atoms with Crippen LogP contribution >= 0.6 is 0 Å². The SMILES string of the molecule is CC(=O)N1C[C@H]2[C@@H]([C@H]1C=O)C2(F)F. The first-order chi connectivity index (χ1) is 6.00. The van der Waals surface area contributed by atoms with Crippen LogP contribution in [0.3, 0.4) is 0 Å². The number of carbonyl (C=O) groups is 2. The molecule has 0 aromatic heterocycles. The largest absolute Gasteiger partial charge is 0.332 e. The van der Waals surface area contributed by atoms with Gasteiger partial charge in [-0.05, 0) is 0 Å². The Morgan fingerprint density at radius 3 is 2.69 bits per heavy atom. The normalized spacial score (nSPS) is 39.9. The van der Waals surface area contributed by atoms with E-state index in [9.17, 15) is 18.4 Å². The van der Waals surface area contributed by atoms with Crippen molar-refractivity contribution in [3.05, 3.63) is 0 Å². The number of amides is 1. The van der Waals surface area contributed by atoms with Crippen LogP contribution in [-0.2, 0) is 9.59 Å². The van der Waals surface area contributed by atoms with Crippen molar-refractivity contribution in [3.63, 3.8) is 0 Å². The molecule has 2 aliphatic rings. The molecule has 5 heteroatoms. The summed E-state index contributed by atoms with van der Waals surface area (Å²) in [7, 11) is 0. The van der Waals surface area contributed by atoms with E-state index in [-0.39, 0.29) is 12.5 Å². The molecule has 1 saturated carbocycles. The van der Waals surface area contributed by atoms with Gasteiger partial charge in [0.25, 0.3) is 5.92 Å². The maximum absolute atomic E-state index is 12.8. The molecule has 0 spiro atoms. The highest BCUT2D eigenvalue weighted by atomic mass is 19.3. The van der Waals surface area contributed by atoms with E-state index in [0.29, 0.717) is 6.29 Å². The Balaban J connectivity index is 2.18. The Bertz CT molecular complexity index is 279. The number of rotatable bonds is 1. The van der Waals surface area contributed by atoms with Gasteiger partial charge in [-0.3, -0.25) is 4.79 Å². The van der Waals surface area contributed by atoms with Crippen molar-refractivity contribution in [1.29, 1.82) is 0 Å². The van der Waals surface area contributed by atoms with Gasteiger partial charge >= 0.3 is 0 Å². The summed E-state index contributed by atoms with van der Waals surface area (Å²) in [5.74, 6) is -4.74. The average molecular weight is 189 g/mol. The molecule has 3 nitrogen and oxygen atoms in total. The molecule has 1 amide bonds. The van der Waals surface area contributed by atoms with Gasteiger partial charge in [-0.1, -0.05) is 0 Å². The highest BCUT2D eigenvalue weighted by molar-refractivity contribution is 5.79. The Hall–Kier alpha value is -1.00. The van der Waals surface area contributed by atoms with Gasteiger partial charge in [0, 0.05) is 13.5 Å². The van der Waals surface area contributed by atoms with Crippen molar-refractivity contribution in [3.8, 4) is 0 Å². The third-order valence-corrected chi connectivity index (χ3v) is 2.93. The molecule has 0 bridgehead atoms. The van der Waals surface area contributed by atoms with Gasteiger partial charge in [-0.15, -0.1) is 0 Å². The van der Waals surface area contributed by atoms with Crippen LogP contribution in [0.5, 0.6) is 0 Å². The zero-order valence-electron chi connectivity index (χ0n) is 7.04. The van der Waals surface area contributed by atoms with Crippen LogP contribution < -0.4 is 0 Å². The predicted octanol–water partition coefficient (Wildman–Crippen LogP) is 0.297. The van der Waals surface area contributed by atoms with E-state index in [4.69, 9.17) is 0 Å². The number of carbonyl (C=O) groups excluding carboxylic acids is 2. The van der Waals surface area contributed by atoms with Gasteiger partial charge in [0.05, 0.1) is 17.9 Å². The lowest BCUT2D eigenvalue weighted by Gasteiger charge is -2.23. The highest BCUT2D eigenvalue weighted by Crippen LogP contribution is 2.61. The summed E-state index contributed by atoms with van der Waals surface area (Å²) < 4.78 is 25.6. The lowest BCUT2D eigenvalue weighted by molar-refractivity contribution is -0.135. The number of fused-ring (bicyclic) bond motifs is 1. The van der Waals surface area contributed by atoms with E-state index in [1.165, 1.54) is 11.8 Å². The first kappa shape index (κ1) is 8.59. The molecule has 72 valence electrons. The second kappa shape index (κ2) is 2.27. The molecule has 1 heterocycles. The quantitative estimate of drug-likeness (QED) is 0.556. The maximum Gasteiger partial charge on any atom is 0.258 e. The van der Waals surface area contributed by atoms with Crippen LogP contribution in [0, 0.1) is 11.8 Å². The van der Waals surface area contributed by atoms with Crippen LogP contribution in [0.1, 0.15) is 6.92 Å². The van der Waals surface area contributed by atoms with Crippen LogP contribution in [0.25, 0.3) is 0 Å². The number of hydrogen-bond acceptors (Lipinski definition) is 2. The Morgan fingerprint density at radius 1 is 1.62 bits per heavy atom.